The maximum atomic E-state index is 14.2. The third-order valence-corrected chi connectivity index (χ3v) is 10.3. The minimum Gasteiger partial charge on any atom is -0.444 e. The highest BCUT2D eigenvalue weighted by molar-refractivity contribution is 7.91. The van der Waals surface area contributed by atoms with Crippen LogP contribution in [0.3, 0.4) is 0 Å². The quantitative estimate of drug-likeness (QED) is 0.265. The predicted molar refractivity (Wildman–Crippen MR) is 158 cm³/mol. The monoisotopic (exact) mass is 645 g/mol. The number of ether oxygens (including phenoxy) is 1. The fourth-order valence-electron chi connectivity index (χ4n) is 5.97. The van der Waals surface area contributed by atoms with Gasteiger partial charge in [0, 0.05) is 24.9 Å². The van der Waals surface area contributed by atoms with Gasteiger partial charge in [0.25, 0.3) is 5.91 Å². The SMILES string of the molecule is C=C1CC[C@](NC(=O)C2C[C@@H](OC(=O)N3Cc4cccc(F)c4C3)CN2C(=O)CNC(=O)/C=C/C)(C(=O)NS(=O)(=O)C2CC2)C1. The molecule has 2 aliphatic heterocycles. The highest BCUT2D eigenvalue weighted by Gasteiger charge is 2.50. The van der Waals surface area contributed by atoms with Gasteiger partial charge < -0.3 is 20.3 Å². The first-order valence-corrected chi connectivity index (χ1v) is 16.3. The Morgan fingerprint density at radius 3 is 2.58 bits per heavy atom. The minimum absolute atomic E-state index is 0.00236. The molecule has 0 aromatic heterocycles. The van der Waals surface area contributed by atoms with Crippen molar-refractivity contribution in [2.75, 3.05) is 13.1 Å². The number of hydrogen-bond donors (Lipinski definition) is 3. The highest BCUT2D eigenvalue weighted by atomic mass is 32.2. The Hall–Kier alpha value is -4.27. The van der Waals surface area contributed by atoms with E-state index in [0.717, 1.165) is 4.90 Å². The lowest BCUT2D eigenvalue weighted by molar-refractivity contribution is -0.140. The van der Waals surface area contributed by atoms with E-state index in [1.165, 1.54) is 23.1 Å². The molecule has 3 N–H and O–H groups in total. The van der Waals surface area contributed by atoms with Gasteiger partial charge in [-0.3, -0.25) is 28.8 Å². The van der Waals surface area contributed by atoms with Crippen molar-refractivity contribution in [3.63, 3.8) is 0 Å². The summed E-state index contributed by atoms with van der Waals surface area (Å²) < 4.78 is 47.1. The number of carbonyl (C=O) groups is 5. The zero-order chi connectivity index (χ0) is 32.5. The Bertz CT molecular complexity index is 1580. The Kier molecular flexibility index (Phi) is 9.01. The summed E-state index contributed by atoms with van der Waals surface area (Å²) in [5.41, 5.74) is 0.0765. The molecule has 2 saturated carbocycles. The second-order valence-electron chi connectivity index (χ2n) is 11.9. The number of hydrogen-bond acceptors (Lipinski definition) is 8. The van der Waals surface area contributed by atoms with Crippen LogP contribution < -0.4 is 15.4 Å². The first-order valence-electron chi connectivity index (χ1n) is 14.8. The normalized spacial score (nSPS) is 24.4. The molecule has 4 aliphatic rings. The second-order valence-corrected chi connectivity index (χ2v) is 13.9. The van der Waals surface area contributed by atoms with E-state index in [2.05, 4.69) is 21.9 Å². The lowest BCUT2D eigenvalue weighted by atomic mass is 9.95. The molecule has 1 unspecified atom stereocenters. The van der Waals surface area contributed by atoms with Crippen molar-refractivity contribution >= 4 is 39.7 Å². The Morgan fingerprint density at radius 1 is 1.18 bits per heavy atom. The minimum atomic E-state index is -3.91. The van der Waals surface area contributed by atoms with Crippen LogP contribution in [0.15, 0.2) is 42.5 Å². The topological polar surface area (TPSA) is 171 Å². The molecule has 2 heterocycles. The Balaban J connectivity index is 1.31. The molecule has 3 fully saturated rings. The molecule has 5 rings (SSSR count). The van der Waals surface area contributed by atoms with E-state index in [-0.39, 0.29) is 38.9 Å². The van der Waals surface area contributed by atoms with Gasteiger partial charge in [0.15, 0.2) is 0 Å². The van der Waals surface area contributed by atoms with E-state index in [4.69, 9.17) is 4.74 Å². The van der Waals surface area contributed by atoms with Crippen molar-refractivity contribution in [2.24, 2.45) is 0 Å². The third kappa shape index (κ3) is 7.02. The molecule has 45 heavy (non-hydrogen) atoms. The molecule has 0 spiro atoms. The summed E-state index contributed by atoms with van der Waals surface area (Å²) in [6.45, 7) is 5.04. The van der Waals surface area contributed by atoms with Crippen molar-refractivity contribution in [1.82, 2.24) is 25.2 Å². The Labute approximate surface area is 260 Å². The van der Waals surface area contributed by atoms with Gasteiger partial charge >= 0.3 is 6.09 Å². The van der Waals surface area contributed by atoms with Crippen molar-refractivity contribution in [1.29, 1.82) is 0 Å². The molecule has 5 amide bonds. The number of fused-ring (bicyclic) bond motifs is 1. The van der Waals surface area contributed by atoms with E-state index >= 15 is 0 Å². The number of allylic oxidation sites excluding steroid dienone is 1. The van der Waals surface area contributed by atoms with Crippen LogP contribution in [-0.4, -0.2) is 84.0 Å². The number of benzene rings is 1. The molecular formula is C30H36FN5O8S. The van der Waals surface area contributed by atoms with Crippen LogP contribution in [0.2, 0.25) is 0 Å². The fraction of sp³-hybridized carbons (Fsp3) is 0.500. The number of carbonyl (C=O) groups excluding carboxylic acids is 5. The van der Waals surface area contributed by atoms with Gasteiger partial charge in [-0.1, -0.05) is 30.4 Å². The number of sulfonamides is 1. The van der Waals surface area contributed by atoms with Crippen molar-refractivity contribution < 1.29 is 41.5 Å². The van der Waals surface area contributed by atoms with Gasteiger partial charge in [0.1, 0.15) is 23.5 Å². The first-order chi connectivity index (χ1) is 21.3. The summed E-state index contributed by atoms with van der Waals surface area (Å²) in [6, 6.07) is 3.36. The van der Waals surface area contributed by atoms with E-state index in [1.54, 1.807) is 19.1 Å². The molecular weight excluding hydrogens is 609 g/mol. The molecule has 3 atom stereocenters. The maximum Gasteiger partial charge on any atom is 0.410 e. The zero-order valence-corrected chi connectivity index (χ0v) is 25.7. The van der Waals surface area contributed by atoms with Gasteiger partial charge in [-0.25, -0.2) is 17.6 Å². The summed E-state index contributed by atoms with van der Waals surface area (Å²) in [7, 11) is -3.91. The van der Waals surface area contributed by atoms with Crippen LogP contribution in [0.5, 0.6) is 0 Å². The number of rotatable bonds is 9. The lowest BCUT2D eigenvalue weighted by Crippen LogP contribution is -2.61. The number of amides is 5. The standard InChI is InChI=1S/C30H36FN5O8S/c1-3-5-25(37)32-14-26(38)36-16-20(44-29(41)35-15-19-6-4-7-23(31)22(19)17-35)12-24(36)27(39)33-30(11-10-18(2)13-30)28(40)34-45(42,43)21-8-9-21/h3-7,20-21,24H,2,8-17H2,1H3,(H,32,37)(H,33,39)(H,34,40)/b5-3+/t20-,24?,30-/m1/s1. The molecule has 15 heteroatoms. The largest absolute Gasteiger partial charge is 0.444 e. The summed E-state index contributed by atoms with van der Waals surface area (Å²) in [6.07, 6.45) is 2.29. The summed E-state index contributed by atoms with van der Waals surface area (Å²) in [5, 5.41) is 4.48. The van der Waals surface area contributed by atoms with Crippen LogP contribution in [-0.2, 0) is 47.0 Å². The van der Waals surface area contributed by atoms with E-state index < -0.39 is 75.0 Å². The molecule has 1 saturated heterocycles. The number of likely N-dealkylation sites (tertiary alicyclic amines) is 1. The molecule has 1 aromatic rings. The molecule has 0 radical (unpaired) electrons. The van der Waals surface area contributed by atoms with Crippen LogP contribution in [0.4, 0.5) is 9.18 Å². The third-order valence-electron chi connectivity index (χ3n) is 8.52. The average molecular weight is 646 g/mol. The first kappa shape index (κ1) is 32.1. The van der Waals surface area contributed by atoms with Crippen LogP contribution >= 0.6 is 0 Å². The summed E-state index contributed by atoms with van der Waals surface area (Å²) in [4.78, 5) is 67.9. The van der Waals surface area contributed by atoms with Gasteiger partial charge in [0.05, 0.1) is 24.9 Å². The fourth-order valence-corrected chi connectivity index (χ4v) is 7.34. The smallest absolute Gasteiger partial charge is 0.410 e. The van der Waals surface area contributed by atoms with Crippen LogP contribution in [0.1, 0.15) is 56.6 Å². The average Bonchev–Trinajstić information content (AvgIpc) is 3.45. The van der Waals surface area contributed by atoms with Gasteiger partial charge in [-0.2, -0.15) is 0 Å². The predicted octanol–water partition coefficient (Wildman–Crippen LogP) is 1.14. The van der Waals surface area contributed by atoms with Crippen LogP contribution in [0, 0.1) is 5.82 Å². The molecule has 1 aromatic carbocycles. The molecule has 0 bridgehead atoms. The molecule has 242 valence electrons. The summed E-state index contributed by atoms with van der Waals surface area (Å²) in [5.74, 6) is -3.21. The van der Waals surface area contributed by atoms with Crippen molar-refractivity contribution in [2.45, 2.75) is 81.5 Å². The van der Waals surface area contributed by atoms with Gasteiger partial charge in [-0.15, -0.1) is 0 Å². The number of nitrogens with zero attached hydrogens (tertiary/aromatic N) is 2. The van der Waals surface area contributed by atoms with Crippen LogP contribution in [0.25, 0.3) is 0 Å². The van der Waals surface area contributed by atoms with E-state index in [1.807, 2.05) is 0 Å². The number of nitrogens with one attached hydrogen (secondary N) is 3. The number of halogens is 1. The molecule has 2 aliphatic carbocycles. The van der Waals surface area contributed by atoms with E-state index in [9.17, 15) is 36.8 Å². The van der Waals surface area contributed by atoms with E-state index in [0.29, 0.717) is 36.0 Å². The lowest BCUT2D eigenvalue weighted by Gasteiger charge is -2.32. The highest BCUT2D eigenvalue weighted by Crippen LogP contribution is 2.36. The Morgan fingerprint density at radius 2 is 1.93 bits per heavy atom. The van der Waals surface area contributed by atoms with Crippen molar-refractivity contribution in [3.05, 3.63) is 59.4 Å². The van der Waals surface area contributed by atoms with Gasteiger partial charge in [0.2, 0.25) is 27.7 Å². The van der Waals surface area contributed by atoms with Crippen molar-refractivity contribution in [3.8, 4) is 0 Å². The second kappa shape index (κ2) is 12.6. The molecule has 13 nitrogen and oxygen atoms in total. The van der Waals surface area contributed by atoms with Gasteiger partial charge in [-0.05, 0) is 50.3 Å². The maximum absolute atomic E-state index is 14.2. The zero-order valence-electron chi connectivity index (χ0n) is 24.8. The summed E-state index contributed by atoms with van der Waals surface area (Å²) >= 11 is 0.